The van der Waals surface area contributed by atoms with Gasteiger partial charge in [-0.15, -0.1) is 0 Å². The summed E-state index contributed by atoms with van der Waals surface area (Å²) in [6, 6.07) is 31.4. The molecule has 0 spiro atoms. The first-order valence-corrected chi connectivity index (χ1v) is 9.77. The lowest BCUT2D eigenvalue weighted by Gasteiger charge is -2.27. The summed E-state index contributed by atoms with van der Waals surface area (Å²) in [5.74, 6) is 0.344. The molecule has 3 aromatic carbocycles. The Kier molecular flexibility index (Phi) is 5.34. The van der Waals surface area contributed by atoms with Gasteiger partial charge in [-0.3, -0.25) is 4.79 Å². The van der Waals surface area contributed by atoms with E-state index in [9.17, 15) is 4.79 Å². The van der Waals surface area contributed by atoms with Crippen molar-refractivity contribution in [3.63, 3.8) is 0 Å². The fourth-order valence-corrected chi connectivity index (χ4v) is 4.18. The minimum Gasteiger partial charge on any atom is -0.336 e. The van der Waals surface area contributed by atoms with Gasteiger partial charge in [0.2, 0.25) is 5.91 Å². The molecule has 1 aliphatic heterocycles. The number of hydrogen-bond acceptors (Lipinski definition) is 1. The lowest BCUT2D eigenvalue weighted by Crippen LogP contribution is -2.31. The largest absolute Gasteiger partial charge is 0.336 e. The zero-order valence-electron chi connectivity index (χ0n) is 15.5. The van der Waals surface area contributed by atoms with Crippen LogP contribution in [0.25, 0.3) is 0 Å². The molecule has 1 atom stereocenters. The van der Waals surface area contributed by atoms with Gasteiger partial charge in [-0.25, -0.2) is 0 Å². The van der Waals surface area contributed by atoms with Crippen LogP contribution in [-0.2, 0) is 4.79 Å². The van der Waals surface area contributed by atoms with E-state index >= 15 is 0 Å². The van der Waals surface area contributed by atoms with Gasteiger partial charge in [0.15, 0.2) is 0 Å². The molecule has 0 radical (unpaired) electrons. The number of carbonyl (C=O) groups excluding carboxylic acids is 1. The van der Waals surface area contributed by atoms with E-state index in [1.807, 2.05) is 18.2 Å². The van der Waals surface area contributed by atoms with Gasteiger partial charge < -0.3 is 4.90 Å². The van der Waals surface area contributed by atoms with Crippen LogP contribution >= 0.6 is 0 Å². The predicted octanol–water partition coefficient (Wildman–Crippen LogP) is 5.57. The highest BCUT2D eigenvalue weighted by Gasteiger charge is 2.31. The first-order chi connectivity index (χ1) is 13.3. The number of benzene rings is 3. The Morgan fingerprint density at radius 2 is 1.33 bits per heavy atom. The van der Waals surface area contributed by atoms with Gasteiger partial charge in [-0.2, -0.15) is 0 Å². The zero-order chi connectivity index (χ0) is 18.5. The molecule has 0 unspecified atom stereocenters. The maximum absolute atomic E-state index is 13.3. The highest BCUT2D eigenvalue weighted by atomic mass is 16.2. The van der Waals surface area contributed by atoms with Crippen LogP contribution in [0.3, 0.4) is 0 Å². The van der Waals surface area contributed by atoms with Crippen molar-refractivity contribution in [2.75, 3.05) is 6.54 Å². The van der Waals surface area contributed by atoms with Crippen molar-refractivity contribution in [2.45, 2.75) is 31.2 Å². The molecule has 2 nitrogen and oxygen atoms in total. The van der Waals surface area contributed by atoms with Crippen LogP contribution in [0.5, 0.6) is 0 Å². The summed E-state index contributed by atoms with van der Waals surface area (Å²) < 4.78 is 0. The quantitative estimate of drug-likeness (QED) is 0.586. The SMILES string of the molecule is O=C(CC(c1ccccc1)c1ccccc1)N1CCC[C@H]1c1ccccc1. The van der Waals surface area contributed by atoms with Crippen LogP contribution in [0.15, 0.2) is 91.0 Å². The summed E-state index contributed by atoms with van der Waals surface area (Å²) in [5.41, 5.74) is 3.65. The summed E-state index contributed by atoms with van der Waals surface area (Å²) >= 11 is 0. The second-order valence-electron chi connectivity index (χ2n) is 7.23. The van der Waals surface area contributed by atoms with Crippen molar-refractivity contribution < 1.29 is 4.79 Å². The highest BCUT2D eigenvalue weighted by Crippen LogP contribution is 2.35. The number of hydrogen-bond donors (Lipinski definition) is 0. The monoisotopic (exact) mass is 355 g/mol. The molecule has 0 aliphatic carbocycles. The van der Waals surface area contributed by atoms with E-state index in [2.05, 4.69) is 77.7 Å². The molecule has 1 amide bonds. The maximum atomic E-state index is 13.3. The number of likely N-dealkylation sites (tertiary alicyclic amines) is 1. The van der Waals surface area contributed by atoms with Crippen molar-refractivity contribution in [1.29, 1.82) is 0 Å². The van der Waals surface area contributed by atoms with E-state index in [1.54, 1.807) is 0 Å². The minimum absolute atomic E-state index is 0.0944. The maximum Gasteiger partial charge on any atom is 0.224 e. The third kappa shape index (κ3) is 3.95. The fraction of sp³-hybridized carbons (Fsp3) is 0.240. The molecule has 136 valence electrons. The highest BCUT2D eigenvalue weighted by molar-refractivity contribution is 5.78. The Bertz CT molecular complexity index is 821. The Balaban J connectivity index is 1.58. The lowest BCUT2D eigenvalue weighted by atomic mass is 9.88. The molecule has 0 aromatic heterocycles. The van der Waals surface area contributed by atoms with Crippen LogP contribution in [0.2, 0.25) is 0 Å². The molecule has 1 fully saturated rings. The molecule has 0 N–H and O–H groups in total. The molecule has 1 saturated heterocycles. The van der Waals surface area contributed by atoms with E-state index in [4.69, 9.17) is 0 Å². The fourth-order valence-electron chi connectivity index (χ4n) is 4.18. The number of carbonyl (C=O) groups is 1. The predicted molar refractivity (Wildman–Crippen MR) is 109 cm³/mol. The summed E-state index contributed by atoms with van der Waals surface area (Å²) in [5, 5.41) is 0. The molecule has 1 aliphatic rings. The van der Waals surface area contributed by atoms with Gasteiger partial charge >= 0.3 is 0 Å². The Hall–Kier alpha value is -2.87. The smallest absolute Gasteiger partial charge is 0.224 e. The van der Waals surface area contributed by atoms with Crippen molar-refractivity contribution in [3.05, 3.63) is 108 Å². The van der Waals surface area contributed by atoms with E-state index in [0.29, 0.717) is 6.42 Å². The molecular formula is C25H25NO. The van der Waals surface area contributed by atoms with Crippen LogP contribution in [0.1, 0.15) is 47.9 Å². The first kappa shape index (κ1) is 17.5. The Morgan fingerprint density at radius 3 is 1.89 bits per heavy atom. The number of nitrogens with zero attached hydrogens (tertiary/aromatic N) is 1. The molecule has 0 saturated carbocycles. The van der Waals surface area contributed by atoms with Crippen LogP contribution in [0.4, 0.5) is 0 Å². The van der Waals surface area contributed by atoms with Crippen LogP contribution in [-0.4, -0.2) is 17.4 Å². The Labute approximate surface area is 161 Å². The molecular weight excluding hydrogens is 330 g/mol. The molecule has 1 heterocycles. The number of amides is 1. The molecule has 3 aromatic rings. The molecule has 2 heteroatoms. The third-order valence-electron chi connectivity index (χ3n) is 5.54. The molecule has 4 rings (SSSR count). The summed E-state index contributed by atoms with van der Waals surface area (Å²) in [4.78, 5) is 15.4. The van der Waals surface area contributed by atoms with E-state index in [1.165, 1.54) is 16.7 Å². The van der Waals surface area contributed by atoms with Crippen molar-refractivity contribution in [2.24, 2.45) is 0 Å². The van der Waals surface area contributed by atoms with Crippen molar-refractivity contribution in [3.8, 4) is 0 Å². The topological polar surface area (TPSA) is 20.3 Å². The van der Waals surface area contributed by atoms with Gasteiger partial charge in [-0.1, -0.05) is 91.0 Å². The average molecular weight is 355 g/mol. The number of rotatable bonds is 5. The van der Waals surface area contributed by atoms with E-state index < -0.39 is 0 Å². The third-order valence-corrected chi connectivity index (χ3v) is 5.54. The van der Waals surface area contributed by atoms with Gasteiger partial charge in [0.25, 0.3) is 0 Å². The lowest BCUT2D eigenvalue weighted by molar-refractivity contribution is -0.132. The van der Waals surface area contributed by atoms with Gasteiger partial charge in [0.1, 0.15) is 0 Å². The Morgan fingerprint density at radius 1 is 0.815 bits per heavy atom. The standard InChI is InChI=1S/C25H25NO/c27-25(26-18-10-17-24(26)22-15-8-3-9-16-22)19-23(20-11-4-1-5-12-20)21-13-6-2-7-14-21/h1-9,11-16,23-24H,10,17-19H2/t24-/m0/s1. The summed E-state index contributed by atoms with van der Waals surface area (Å²) in [7, 11) is 0. The first-order valence-electron chi connectivity index (χ1n) is 9.77. The summed E-state index contributed by atoms with van der Waals surface area (Å²) in [6.45, 7) is 0.856. The summed E-state index contributed by atoms with van der Waals surface area (Å²) in [6.07, 6.45) is 2.64. The van der Waals surface area contributed by atoms with Crippen molar-refractivity contribution >= 4 is 5.91 Å². The van der Waals surface area contributed by atoms with Gasteiger partial charge in [-0.05, 0) is 29.5 Å². The van der Waals surface area contributed by atoms with E-state index in [-0.39, 0.29) is 17.9 Å². The molecule has 27 heavy (non-hydrogen) atoms. The average Bonchev–Trinajstić information content (AvgIpc) is 3.24. The van der Waals surface area contributed by atoms with Gasteiger partial charge in [0, 0.05) is 18.9 Å². The van der Waals surface area contributed by atoms with Gasteiger partial charge in [0.05, 0.1) is 6.04 Å². The zero-order valence-corrected chi connectivity index (χ0v) is 15.5. The van der Waals surface area contributed by atoms with Crippen LogP contribution < -0.4 is 0 Å². The van der Waals surface area contributed by atoms with Crippen LogP contribution in [0, 0.1) is 0 Å². The van der Waals surface area contributed by atoms with E-state index in [0.717, 1.165) is 19.4 Å². The minimum atomic E-state index is 0.0944. The normalized spacial score (nSPS) is 16.6. The second kappa shape index (κ2) is 8.22. The molecule has 0 bridgehead atoms. The second-order valence-corrected chi connectivity index (χ2v) is 7.23. The van der Waals surface area contributed by atoms with Crippen molar-refractivity contribution in [1.82, 2.24) is 4.90 Å².